The van der Waals surface area contributed by atoms with Crippen LogP contribution in [0.15, 0.2) is 29.0 Å². The highest BCUT2D eigenvalue weighted by Gasteiger charge is 2.25. The number of hydrogen-bond acceptors (Lipinski definition) is 3. The van der Waals surface area contributed by atoms with Crippen molar-refractivity contribution < 1.29 is 14.7 Å². The third-order valence-corrected chi connectivity index (χ3v) is 3.81. The van der Waals surface area contributed by atoms with Crippen LogP contribution in [0.1, 0.15) is 24.9 Å². The molecule has 102 valence electrons. The number of nitrogens with one attached hydrogen (secondary N) is 2. The number of rotatable bonds is 4. The average molecular weight is 280 g/mol. The summed E-state index contributed by atoms with van der Waals surface area (Å²) in [5.41, 5.74) is 1.06. The van der Waals surface area contributed by atoms with Gasteiger partial charge in [-0.1, -0.05) is 12.2 Å². The minimum absolute atomic E-state index is 0.0631. The van der Waals surface area contributed by atoms with Crippen LogP contribution in [0.4, 0.5) is 4.79 Å². The lowest BCUT2D eigenvalue weighted by Crippen LogP contribution is -2.42. The molecule has 19 heavy (non-hydrogen) atoms. The zero-order chi connectivity index (χ0) is 13.8. The second-order valence-corrected chi connectivity index (χ2v) is 5.35. The molecule has 1 aliphatic rings. The third-order valence-electron chi connectivity index (χ3n) is 3.11. The fourth-order valence-electron chi connectivity index (χ4n) is 2.00. The number of carboxylic acid groups (broad SMARTS) is 1. The fourth-order valence-corrected chi connectivity index (χ4v) is 2.75. The van der Waals surface area contributed by atoms with E-state index in [1.54, 1.807) is 23.5 Å². The minimum Gasteiger partial charge on any atom is -0.481 e. The standard InChI is InChI=1S/C13H16N2O3S/c1-8(10-4-5-19-7-10)14-13(18)15-11-3-2-9(6-11)12(16)17/h2-5,7-9,11H,6H2,1H3,(H,16,17)(H2,14,15,18). The van der Waals surface area contributed by atoms with E-state index in [1.807, 2.05) is 23.8 Å². The van der Waals surface area contributed by atoms with E-state index in [9.17, 15) is 9.59 Å². The fraction of sp³-hybridized carbons (Fsp3) is 0.385. The zero-order valence-corrected chi connectivity index (χ0v) is 11.3. The molecule has 3 N–H and O–H groups in total. The quantitative estimate of drug-likeness (QED) is 0.739. The first-order chi connectivity index (χ1) is 9.06. The van der Waals surface area contributed by atoms with Gasteiger partial charge in [-0.2, -0.15) is 11.3 Å². The Hall–Kier alpha value is -1.82. The predicted octanol–water partition coefficient (Wildman–Crippen LogP) is 2.14. The third kappa shape index (κ3) is 3.57. The Morgan fingerprint density at radius 2 is 2.26 bits per heavy atom. The lowest BCUT2D eigenvalue weighted by Gasteiger charge is -2.16. The van der Waals surface area contributed by atoms with Gasteiger partial charge in [-0.3, -0.25) is 4.79 Å². The van der Waals surface area contributed by atoms with Gasteiger partial charge in [0.2, 0.25) is 0 Å². The molecule has 2 rings (SSSR count). The van der Waals surface area contributed by atoms with Crippen LogP contribution in [0.25, 0.3) is 0 Å². The Morgan fingerprint density at radius 3 is 2.84 bits per heavy atom. The number of urea groups is 1. The SMILES string of the molecule is CC(NC(=O)NC1C=CC(C(=O)O)C1)c1ccsc1. The van der Waals surface area contributed by atoms with Gasteiger partial charge in [-0.05, 0) is 35.7 Å². The molecule has 0 aromatic carbocycles. The van der Waals surface area contributed by atoms with Crippen molar-refractivity contribution >= 4 is 23.3 Å². The molecule has 1 aliphatic carbocycles. The summed E-state index contributed by atoms with van der Waals surface area (Å²) in [5.74, 6) is -1.35. The topological polar surface area (TPSA) is 78.4 Å². The molecule has 3 atom stereocenters. The van der Waals surface area contributed by atoms with Crippen molar-refractivity contribution in [1.29, 1.82) is 0 Å². The molecule has 3 unspecified atom stereocenters. The number of amides is 2. The number of carbonyl (C=O) groups excluding carboxylic acids is 1. The van der Waals surface area contributed by atoms with E-state index in [1.165, 1.54) is 0 Å². The Morgan fingerprint density at radius 1 is 1.47 bits per heavy atom. The van der Waals surface area contributed by atoms with Crippen LogP contribution in [0, 0.1) is 5.92 Å². The molecule has 6 heteroatoms. The molecule has 0 aliphatic heterocycles. The number of aliphatic carboxylic acids is 1. The lowest BCUT2D eigenvalue weighted by molar-refractivity contribution is -0.140. The van der Waals surface area contributed by atoms with Crippen LogP contribution in [-0.4, -0.2) is 23.1 Å². The van der Waals surface area contributed by atoms with Gasteiger partial charge in [0.05, 0.1) is 18.0 Å². The molecule has 0 fully saturated rings. The van der Waals surface area contributed by atoms with Crippen molar-refractivity contribution in [3.8, 4) is 0 Å². The van der Waals surface area contributed by atoms with Crippen molar-refractivity contribution in [2.24, 2.45) is 5.92 Å². The van der Waals surface area contributed by atoms with Gasteiger partial charge in [-0.15, -0.1) is 0 Å². The minimum atomic E-state index is -0.854. The maximum absolute atomic E-state index is 11.8. The summed E-state index contributed by atoms with van der Waals surface area (Å²) in [6, 6.07) is 1.41. The van der Waals surface area contributed by atoms with E-state index in [0.29, 0.717) is 6.42 Å². The van der Waals surface area contributed by atoms with Crippen LogP contribution in [0.3, 0.4) is 0 Å². The molecule has 0 spiro atoms. The van der Waals surface area contributed by atoms with Crippen molar-refractivity contribution in [2.45, 2.75) is 25.4 Å². The van der Waals surface area contributed by atoms with Crippen molar-refractivity contribution in [1.82, 2.24) is 10.6 Å². The Balaban J connectivity index is 1.80. The van der Waals surface area contributed by atoms with Crippen LogP contribution < -0.4 is 10.6 Å². The molecule has 1 aromatic rings. The van der Waals surface area contributed by atoms with E-state index >= 15 is 0 Å². The Labute approximate surface area is 115 Å². The first kappa shape index (κ1) is 13.6. The summed E-state index contributed by atoms with van der Waals surface area (Å²) >= 11 is 1.58. The molecule has 1 aromatic heterocycles. The van der Waals surface area contributed by atoms with Gasteiger partial charge in [0.15, 0.2) is 0 Å². The van der Waals surface area contributed by atoms with Crippen molar-refractivity contribution in [2.75, 3.05) is 0 Å². The largest absolute Gasteiger partial charge is 0.481 e. The summed E-state index contributed by atoms with van der Waals surface area (Å²) in [4.78, 5) is 22.6. The van der Waals surface area contributed by atoms with Crippen LogP contribution in [0.5, 0.6) is 0 Å². The summed E-state index contributed by atoms with van der Waals surface area (Å²) in [6.45, 7) is 1.91. The van der Waals surface area contributed by atoms with E-state index in [-0.39, 0.29) is 18.1 Å². The summed E-state index contributed by atoms with van der Waals surface area (Å²) in [5, 5.41) is 18.4. The van der Waals surface area contributed by atoms with Crippen LogP contribution in [0.2, 0.25) is 0 Å². The van der Waals surface area contributed by atoms with Crippen LogP contribution in [-0.2, 0) is 4.79 Å². The summed E-state index contributed by atoms with van der Waals surface area (Å²) in [7, 11) is 0. The van der Waals surface area contributed by atoms with E-state index in [0.717, 1.165) is 5.56 Å². The molecule has 0 saturated heterocycles. The zero-order valence-electron chi connectivity index (χ0n) is 10.5. The second kappa shape index (κ2) is 5.88. The van der Waals surface area contributed by atoms with Gasteiger partial charge in [0, 0.05) is 0 Å². The summed E-state index contributed by atoms with van der Waals surface area (Å²) in [6.07, 6.45) is 3.76. The van der Waals surface area contributed by atoms with Gasteiger partial charge >= 0.3 is 12.0 Å². The Bertz CT molecular complexity index is 484. The normalized spacial score (nSPS) is 23.0. The maximum atomic E-state index is 11.8. The Kier molecular flexibility index (Phi) is 4.21. The molecular weight excluding hydrogens is 264 g/mol. The molecule has 2 amide bonds. The molecule has 0 radical (unpaired) electrons. The maximum Gasteiger partial charge on any atom is 0.315 e. The van der Waals surface area contributed by atoms with Crippen LogP contribution >= 0.6 is 11.3 Å². The van der Waals surface area contributed by atoms with Crippen molar-refractivity contribution in [3.63, 3.8) is 0 Å². The van der Waals surface area contributed by atoms with E-state index < -0.39 is 11.9 Å². The smallest absolute Gasteiger partial charge is 0.315 e. The lowest BCUT2D eigenvalue weighted by atomic mass is 10.1. The summed E-state index contributed by atoms with van der Waals surface area (Å²) < 4.78 is 0. The number of hydrogen-bond donors (Lipinski definition) is 3. The number of carboxylic acids is 1. The number of carbonyl (C=O) groups is 2. The second-order valence-electron chi connectivity index (χ2n) is 4.57. The van der Waals surface area contributed by atoms with Gasteiger partial charge in [0.25, 0.3) is 0 Å². The van der Waals surface area contributed by atoms with Gasteiger partial charge in [-0.25, -0.2) is 4.79 Å². The highest BCUT2D eigenvalue weighted by Crippen LogP contribution is 2.18. The van der Waals surface area contributed by atoms with E-state index in [2.05, 4.69) is 10.6 Å². The molecule has 0 saturated carbocycles. The highest BCUT2D eigenvalue weighted by atomic mass is 32.1. The molecular formula is C13H16N2O3S. The number of thiophene rings is 1. The first-order valence-corrected chi connectivity index (χ1v) is 7.01. The van der Waals surface area contributed by atoms with E-state index in [4.69, 9.17) is 5.11 Å². The van der Waals surface area contributed by atoms with Gasteiger partial charge in [0.1, 0.15) is 0 Å². The molecule has 5 nitrogen and oxygen atoms in total. The predicted molar refractivity (Wildman–Crippen MR) is 73.1 cm³/mol. The average Bonchev–Trinajstić information content (AvgIpc) is 2.98. The monoisotopic (exact) mass is 280 g/mol. The highest BCUT2D eigenvalue weighted by molar-refractivity contribution is 7.07. The molecule has 1 heterocycles. The first-order valence-electron chi connectivity index (χ1n) is 6.06. The van der Waals surface area contributed by atoms with Crippen molar-refractivity contribution in [3.05, 3.63) is 34.5 Å². The molecule has 0 bridgehead atoms. The van der Waals surface area contributed by atoms with Gasteiger partial charge < -0.3 is 15.7 Å².